The molecule has 0 aromatic heterocycles. The number of urea groups is 1. The van der Waals surface area contributed by atoms with Crippen molar-refractivity contribution in [2.24, 2.45) is 0 Å². The van der Waals surface area contributed by atoms with Crippen LogP contribution in [0.5, 0.6) is 0 Å². The molecule has 0 rings (SSSR count). The van der Waals surface area contributed by atoms with Gasteiger partial charge in [0.1, 0.15) is 0 Å². The largest absolute Gasteiger partial charge is 0.394 e. The number of allylic oxidation sites excluding steroid dienone is 7. The van der Waals surface area contributed by atoms with E-state index in [0.717, 1.165) is 25.7 Å². The van der Waals surface area contributed by atoms with E-state index in [1.54, 1.807) is 0 Å². The fourth-order valence-corrected chi connectivity index (χ4v) is 2.17. The van der Waals surface area contributed by atoms with Crippen LogP contribution < -0.4 is 10.6 Å². The molecular formula is C22H38N2O3. The molecule has 154 valence electrons. The monoisotopic (exact) mass is 378 g/mol. The third kappa shape index (κ3) is 20.3. The molecule has 0 heterocycles. The van der Waals surface area contributed by atoms with Crippen molar-refractivity contribution >= 4 is 6.03 Å². The van der Waals surface area contributed by atoms with Crippen LogP contribution in [0.15, 0.2) is 48.6 Å². The van der Waals surface area contributed by atoms with Crippen molar-refractivity contribution in [1.29, 1.82) is 0 Å². The molecule has 0 fully saturated rings. The predicted octanol–water partition coefficient (Wildman–Crippen LogP) is 4.00. The number of carbonyl (C=O) groups excluding carboxylic acids is 1. The summed E-state index contributed by atoms with van der Waals surface area (Å²) in [6.07, 6.45) is 25.1. The lowest BCUT2D eigenvalue weighted by atomic mass is 10.2. The molecule has 5 heteroatoms. The number of rotatable bonds is 16. The lowest BCUT2D eigenvalue weighted by Gasteiger charge is -2.09. The summed E-state index contributed by atoms with van der Waals surface area (Å²) in [4.78, 5) is 11.4. The minimum atomic E-state index is -0.913. The smallest absolute Gasteiger partial charge is 0.314 e. The Kier molecular flexibility index (Phi) is 19.1. The Balaban J connectivity index is 3.49. The minimum absolute atomic E-state index is 0.0483. The summed E-state index contributed by atoms with van der Waals surface area (Å²) in [5, 5.41) is 22.9. The third-order valence-corrected chi connectivity index (χ3v) is 3.76. The van der Waals surface area contributed by atoms with Crippen molar-refractivity contribution in [1.82, 2.24) is 10.6 Å². The highest BCUT2D eigenvalue weighted by Gasteiger charge is 2.03. The second kappa shape index (κ2) is 20.5. The fraction of sp³-hybridized carbons (Fsp3) is 0.591. The first-order chi connectivity index (χ1) is 13.2. The molecule has 0 aliphatic rings. The molecule has 1 atom stereocenters. The summed E-state index contributed by atoms with van der Waals surface area (Å²) >= 11 is 0. The van der Waals surface area contributed by atoms with Crippen LogP contribution in [0.2, 0.25) is 0 Å². The first kappa shape index (κ1) is 25.1. The highest BCUT2D eigenvalue weighted by Crippen LogP contribution is 2.00. The van der Waals surface area contributed by atoms with Gasteiger partial charge in [0.25, 0.3) is 0 Å². The van der Waals surface area contributed by atoms with Crippen LogP contribution in [-0.4, -0.2) is 42.0 Å². The topological polar surface area (TPSA) is 81.6 Å². The summed E-state index contributed by atoms with van der Waals surface area (Å²) in [7, 11) is 0. The molecule has 0 aliphatic heterocycles. The minimum Gasteiger partial charge on any atom is -0.394 e. The number of amides is 2. The second-order valence-corrected chi connectivity index (χ2v) is 6.35. The maximum Gasteiger partial charge on any atom is 0.314 e. The van der Waals surface area contributed by atoms with E-state index in [1.807, 2.05) is 6.08 Å². The highest BCUT2D eigenvalue weighted by atomic mass is 16.3. The lowest BCUT2D eigenvalue weighted by Crippen LogP contribution is -2.40. The van der Waals surface area contributed by atoms with Gasteiger partial charge in [-0.05, 0) is 38.5 Å². The van der Waals surface area contributed by atoms with E-state index in [2.05, 4.69) is 60.1 Å². The van der Waals surface area contributed by atoms with Gasteiger partial charge < -0.3 is 20.8 Å². The van der Waals surface area contributed by atoms with E-state index >= 15 is 0 Å². The van der Waals surface area contributed by atoms with Gasteiger partial charge in [-0.1, -0.05) is 68.4 Å². The Hall–Kier alpha value is -1.85. The molecule has 1 unspecified atom stereocenters. The Morgan fingerprint density at radius 2 is 1.41 bits per heavy atom. The molecular weight excluding hydrogens is 340 g/mol. The summed E-state index contributed by atoms with van der Waals surface area (Å²) in [5.41, 5.74) is 0. The number of aliphatic hydroxyl groups is 2. The molecule has 0 saturated heterocycles. The summed E-state index contributed by atoms with van der Waals surface area (Å²) in [6.45, 7) is 2.45. The first-order valence-electron chi connectivity index (χ1n) is 10.1. The van der Waals surface area contributed by atoms with Crippen LogP contribution in [0.25, 0.3) is 0 Å². The van der Waals surface area contributed by atoms with Crippen molar-refractivity contribution in [3.8, 4) is 0 Å². The van der Waals surface area contributed by atoms with Crippen molar-refractivity contribution in [3.05, 3.63) is 48.6 Å². The average Bonchev–Trinajstić information content (AvgIpc) is 2.68. The number of unbranched alkanes of at least 4 members (excludes halogenated alkanes) is 3. The van der Waals surface area contributed by atoms with E-state index in [-0.39, 0.29) is 19.2 Å². The molecule has 0 bridgehead atoms. The van der Waals surface area contributed by atoms with Gasteiger partial charge in [0.2, 0.25) is 0 Å². The quantitative estimate of drug-likeness (QED) is 0.242. The molecule has 0 aromatic rings. The Morgan fingerprint density at radius 3 is 1.96 bits per heavy atom. The normalized spacial score (nSPS) is 13.3. The molecule has 5 nitrogen and oxygen atoms in total. The standard InChI is InChI=1S/C22H38N2O3/c1-2-3-4-5-6-7-8-9-10-11-12-13-14-15-16-17-18-23-22(27)24-19-21(26)20-25/h6-7,9-10,12-13,15-16,21,25-26H,2-5,8,11,14,17-20H2,1H3,(H2,23,24,27)/b7-6-,10-9-,13-12-,16-15-. The Morgan fingerprint density at radius 1 is 0.852 bits per heavy atom. The van der Waals surface area contributed by atoms with Gasteiger partial charge in [-0.3, -0.25) is 0 Å². The summed E-state index contributed by atoms with van der Waals surface area (Å²) in [6, 6.07) is -0.335. The molecule has 2 amide bonds. The maximum absolute atomic E-state index is 11.4. The van der Waals surface area contributed by atoms with E-state index in [0.29, 0.717) is 6.54 Å². The maximum atomic E-state index is 11.4. The van der Waals surface area contributed by atoms with Gasteiger partial charge in [0.05, 0.1) is 12.7 Å². The van der Waals surface area contributed by atoms with Crippen LogP contribution in [0.3, 0.4) is 0 Å². The van der Waals surface area contributed by atoms with E-state index in [1.165, 1.54) is 25.7 Å². The van der Waals surface area contributed by atoms with Crippen molar-refractivity contribution in [3.63, 3.8) is 0 Å². The van der Waals surface area contributed by atoms with Crippen molar-refractivity contribution < 1.29 is 15.0 Å². The number of hydrogen-bond acceptors (Lipinski definition) is 3. The van der Waals surface area contributed by atoms with E-state index in [4.69, 9.17) is 10.2 Å². The van der Waals surface area contributed by atoms with Crippen molar-refractivity contribution in [2.45, 2.75) is 64.4 Å². The molecule has 0 aliphatic carbocycles. The zero-order valence-corrected chi connectivity index (χ0v) is 16.8. The van der Waals surface area contributed by atoms with Gasteiger partial charge in [-0.15, -0.1) is 0 Å². The molecule has 0 saturated carbocycles. The zero-order valence-electron chi connectivity index (χ0n) is 16.8. The van der Waals surface area contributed by atoms with Crippen molar-refractivity contribution in [2.75, 3.05) is 19.7 Å². The number of nitrogens with one attached hydrogen (secondary N) is 2. The second-order valence-electron chi connectivity index (χ2n) is 6.35. The van der Waals surface area contributed by atoms with Gasteiger partial charge in [-0.2, -0.15) is 0 Å². The zero-order chi connectivity index (χ0) is 20.0. The van der Waals surface area contributed by atoms with Gasteiger partial charge in [0, 0.05) is 13.1 Å². The first-order valence-corrected chi connectivity index (χ1v) is 10.1. The van der Waals surface area contributed by atoms with Crippen LogP contribution >= 0.6 is 0 Å². The van der Waals surface area contributed by atoms with Gasteiger partial charge in [-0.25, -0.2) is 4.79 Å². The molecule has 0 aromatic carbocycles. The molecule has 0 radical (unpaired) electrons. The lowest BCUT2D eigenvalue weighted by molar-refractivity contribution is 0.0959. The van der Waals surface area contributed by atoms with Crippen LogP contribution in [0.4, 0.5) is 4.79 Å². The van der Waals surface area contributed by atoms with Gasteiger partial charge in [0.15, 0.2) is 0 Å². The highest BCUT2D eigenvalue weighted by molar-refractivity contribution is 5.73. The summed E-state index contributed by atoms with van der Waals surface area (Å²) in [5.74, 6) is 0. The Labute approximate surface area is 164 Å². The Bertz CT molecular complexity index is 456. The predicted molar refractivity (Wildman–Crippen MR) is 114 cm³/mol. The molecule has 4 N–H and O–H groups in total. The SMILES string of the molecule is CCCCC/C=C\C/C=C\C/C=C\C/C=C\CCNC(=O)NCC(O)CO. The van der Waals surface area contributed by atoms with Crippen LogP contribution in [0.1, 0.15) is 58.3 Å². The molecule has 27 heavy (non-hydrogen) atoms. The average molecular weight is 379 g/mol. The van der Waals surface area contributed by atoms with Crippen LogP contribution in [-0.2, 0) is 0 Å². The number of carbonyl (C=O) groups is 1. The molecule has 0 spiro atoms. The number of aliphatic hydroxyl groups excluding tert-OH is 2. The third-order valence-electron chi connectivity index (χ3n) is 3.76. The fourth-order valence-electron chi connectivity index (χ4n) is 2.17. The van der Waals surface area contributed by atoms with E-state index < -0.39 is 6.10 Å². The van der Waals surface area contributed by atoms with E-state index in [9.17, 15) is 4.79 Å². The van der Waals surface area contributed by atoms with Crippen LogP contribution in [0, 0.1) is 0 Å². The summed E-state index contributed by atoms with van der Waals surface area (Å²) < 4.78 is 0. The number of hydrogen-bond donors (Lipinski definition) is 4. The van der Waals surface area contributed by atoms with Gasteiger partial charge >= 0.3 is 6.03 Å².